The van der Waals surface area contributed by atoms with Gasteiger partial charge in [0.05, 0.1) is 10.9 Å². The SMILES string of the molecule is CCC(NC(=O)c1cc(C(C)C)on1)c1ccc(S(C)(=O)=O)cc1. The van der Waals surface area contributed by atoms with Crippen LogP contribution in [0.4, 0.5) is 0 Å². The summed E-state index contributed by atoms with van der Waals surface area (Å²) in [4.78, 5) is 12.6. The van der Waals surface area contributed by atoms with Gasteiger partial charge in [0.2, 0.25) is 0 Å². The first kappa shape index (κ1) is 18.2. The van der Waals surface area contributed by atoms with Gasteiger partial charge in [-0.15, -0.1) is 0 Å². The molecule has 1 unspecified atom stereocenters. The van der Waals surface area contributed by atoms with Gasteiger partial charge < -0.3 is 9.84 Å². The number of rotatable bonds is 6. The first-order chi connectivity index (χ1) is 11.2. The number of hydrogen-bond acceptors (Lipinski definition) is 5. The lowest BCUT2D eigenvalue weighted by atomic mass is 10.0. The monoisotopic (exact) mass is 350 g/mol. The largest absolute Gasteiger partial charge is 0.360 e. The van der Waals surface area contributed by atoms with Crippen LogP contribution in [0.2, 0.25) is 0 Å². The number of benzene rings is 1. The van der Waals surface area contributed by atoms with Crippen molar-refractivity contribution in [3.8, 4) is 0 Å². The van der Waals surface area contributed by atoms with Crippen LogP contribution in [0.15, 0.2) is 39.8 Å². The van der Waals surface area contributed by atoms with Gasteiger partial charge in [-0.1, -0.05) is 38.1 Å². The molecular weight excluding hydrogens is 328 g/mol. The average Bonchev–Trinajstić information content (AvgIpc) is 3.02. The maximum atomic E-state index is 12.3. The summed E-state index contributed by atoms with van der Waals surface area (Å²) in [5.41, 5.74) is 1.08. The molecule has 7 heteroatoms. The van der Waals surface area contributed by atoms with Gasteiger partial charge in [0, 0.05) is 18.2 Å². The highest BCUT2D eigenvalue weighted by Crippen LogP contribution is 2.20. The van der Waals surface area contributed by atoms with Gasteiger partial charge in [-0.25, -0.2) is 8.42 Å². The van der Waals surface area contributed by atoms with Crippen LogP contribution >= 0.6 is 0 Å². The van der Waals surface area contributed by atoms with Crippen LogP contribution in [0.5, 0.6) is 0 Å². The van der Waals surface area contributed by atoms with Crippen LogP contribution in [-0.2, 0) is 9.84 Å². The van der Waals surface area contributed by atoms with Crippen molar-refractivity contribution in [3.63, 3.8) is 0 Å². The molecule has 0 saturated carbocycles. The van der Waals surface area contributed by atoms with Crippen molar-refractivity contribution in [2.45, 2.75) is 44.0 Å². The van der Waals surface area contributed by atoms with Crippen molar-refractivity contribution in [3.05, 3.63) is 47.3 Å². The molecule has 6 nitrogen and oxygen atoms in total. The Kier molecular flexibility index (Phi) is 5.43. The molecule has 1 atom stereocenters. The van der Waals surface area contributed by atoms with Crippen LogP contribution in [0, 0.1) is 0 Å². The maximum absolute atomic E-state index is 12.3. The molecule has 1 aromatic carbocycles. The van der Waals surface area contributed by atoms with E-state index in [0.29, 0.717) is 12.2 Å². The highest BCUT2D eigenvalue weighted by Gasteiger charge is 2.19. The minimum Gasteiger partial charge on any atom is -0.360 e. The number of hydrogen-bond donors (Lipinski definition) is 1. The molecule has 130 valence electrons. The lowest BCUT2D eigenvalue weighted by Gasteiger charge is -2.17. The Hall–Kier alpha value is -2.15. The van der Waals surface area contributed by atoms with E-state index >= 15 is 0 Å². The van der Waals surface area contributed by atoms with Gasteiger partial charge >= 0.3 is 0 Å². The number of nitrogens with one attached hydrogen (secondary N) is 1. The molecule has 24 heavy (non-hydrogen) atoms. The first-order valence-electron chi connectivity index (χ1n) is 7.79. The summed E-state index contributed by atoms with van der Waals surface area (Å²) < 4.78 is 28.2. The zero-order valence-corrected chi connectivity index (χ0v) is 15.1. The van der Waals surface area contributed by atoms with E-state index in [-0.39, 0.29) is 28.5 Å². The number of aromatic nitrogens is 1. The molecule has 0 bridgehead atoms. The van der Waals surface area contributed by atoms with E-state index in [4.69, 9.17) is 4.52 Å². The van der Waals surface area contributed by atoms with E-state index in [2.05, 4.69) is 10.5 Å². The normalized spacial score (nSPS) is 13.0. The molecule has 0 saturated heterocycles. The smallest absolute Gasteiger partial charge is 0.273 e. The Morgan fingerprint density at radius 3 is 2.33 bits per heavy atom. The van der Waals surface area contributed by atoms with Gasteiger partial charge in [0.1, 0.15) is 5.76 Å². The van der Waals surface area contributed by atoms with Gasteiger partial charge in [0.15, 0.2) is 15.5 Å². The Morgan fingerprint density at radius 2 is 1.88 bits per heavy atom. The fraction of sp³-hybridized carbons (Fsp3) is 0.412. The number of carbonyl (C=O) groups excluding carboxylic acids is 1. The lowest BCUT2D eigenvalue weighted by molar-refractivity contribution is 0.0926. The predicted octanol–water partition coefficient (Wildman–Crippen LogP) is 3.08. The van der Waals surface area contributed by atoms with E-state index in [1.165, 1.54) is 0 Å². The topological polar surface area (TPSA) is 89.3 Å². The third-order valence-electron chi connectivity index (χ3n) is 3.75. The lowest BCUT2D eigenvalue weighted by Crippen LogP contribution is -2.28. The molecule has 0 aliphatic rings. The number of amides is 1. The summed E-state index contributed by atoms with van der Waals surface area (Å²) >= 11 is 0. The van der Waals surface area contributed by atoms with E-state index in [1.807, 2.05) is 20.8 Å². The van der Waals surface area contributed by atoms with E-state index in [0.717, 1.165) is 11.8 Å². The van der Waals surface area contributed by atoms with Gasteiger partial charge in [-0.05, 0) is 24.1 Å². The van der Waals surface area contributed by atoms with Gasteiger partial charge in [0.25, 0.3) is 5.91 Å². The van der Waals surface area contributed by atoms with Gasteiger partial charge in [-0.3, -0.25) is 4.79 Å². The highest BCUT2D eigenvalue weighted by molar-refractivity contribution is 7.90. The standard InChI is InChI=1S/C17H22N2O4S/c1-5-14(12-6-8-13(9-7-12)24(4,21)22)18-17(20)15-10-16(11(2)3)23-19-15/h6-11,14H,5H2,1-4H3,(H,18,20). The number of nitrogens with zero attached hydrogens (tertiary/aromatic N) is 1. The second kappa shape index (κ2) is 7.17. The fourth-order valence-electron chi connectivity index (χ4n) is 2.27. The molecule has 1 N–H and O–H groups in total. The summed E-state index contributed by atoms with van der Waals surface area (Å²) in [6.45, 7) is 5.86. The zero-order valence-electron chi connectivity index (χ0n) is 14.2. The van der Waals surface area contributed by atoms with Crippen molar-refractivity contribution in [1.82, 2.24) is 10.5 Å². The van der Waals surface area contributed by atoms with E-state index in [9.17, 15) is 13.2 Å². The van der Waals surface area contributed by atoms with Crippen LogP contribution in [0.3, 0.4) is 0 Å². The maximum Gasteiger partial charge on any atom is 0.273 e. The molecule has 0 spiro atoms. The molecule has 1 heterocycles. The van der Waals surface area contributed by atoms with Crippen LogP contribution in [0.1, 0.15) is 61.0 Å². The Bertz CT molecular complexity index is 807. The molecule has 2 rings (SSSR count). The van der Waals surface area contributed by atoms with Crippen LogP contribution in [0.25, 0.3) is 0 Å². The molecule has 0 aliphatic heterocycles. The third kappa shape index (κ3) is 4.23. The zero-order chi connectivity index (χ0) is 17.9. The third-order valence-corrected chi connectivity index (χ3v) is 4.88. The van der Waals surface area contributed by atoms with Crippen molar-refractivity contribution in [1.29, 1.82) is 0 Å². The van der Waals surface area contributed by atoms with Crippen molar-refractivity contribution >= 4 is 15.7 Å². The first-order valence-corrected chi connectivity index (χ1v) is 9.69. The molecule has 0 fully saturated rings. The summed E-state index contributed by atoms with van der Waals surface area (Å²) in [6.07, 6.45) is 1.83. The second-order valence-electron chi connectivity index (χ2n) is 6.04. The summed E-state index contributed by atoms with van der Waals surface area (Å²) in [5.74, 6) is 0.500. The average molecular weight is 350 g/mol. The quantitative estimate of drug-likeness (QED) is 0.865. The Morgan fingerprint density at radius 1 is 1.25 bits per heavy atom. The second-order valence-corrected chi connectivity index (χ2v) is 8.06. The van der Waals surface area contributed by atoms with Crippen molar-refractivity contribution in [2.75, 3.05) is 6.26 Å². The fourth-order valence-corrected chi connectivity index (χ4v) is 2.90. The molecule has 1 amide bonds. The Labute approximate surface area is 142 Å². The van der Waals surface area contributed by atoms with Crippen molar-refractivity contribution < 1.29 is 17.7 Å². The molecule has 0 radical (unpaired) electrons. The molecular formula is C17H22N2O4S. The number of sulfone groups is 1. The van der Waals surface area contributed by atoms with E-state index < -0.39 is 9.84 Å². The molecule has 2 aromatic rings. The summed E-state index contributed by atoms with van der Waals surface area (Å²) in [6, 6.07) is 7.93. The van der Waals surface area contributed by atoms with Crippen LogP contribution in [-0.4, -0.2) is 25.7 Å². The highest BCUT2D eigenvalue weighted by atomic mass is 32.2. The summed E-state index contributed by atoms with van der Waals surface area (Å²) in [5, 5.41) is 6.70. The number of carbonyl (C=O) groups is 1. The molecule has 1 aromatic heterocycles. The summed E-state index contributed by atoms with van der Waals surface area (Å²) in [7, 11) is -3.23. The van der Waals surface area contributed by atoms with Crippen LogP contribution < -0.4 is 5.32 Å². The van der Waals surface area contributed by atoms with Gasteiger partial charge in [-0.2, -0.15) is 0 Å². The minimum absolute atomic E-state index is 0.157. The minimum atomic E-state index is -3.23. The molecule has 0 aliphatic carbocycles. The predicted molar refractivity (Wildman–Crippen MR) is 90.6 cm³/mol. The Balaban J connectivity index is 2.15. The van der Waals surface area contributed by atoms with Crippen molar-refractivity contribution in [2.24, 2.45) is 0 Å². The van der Waals surface area contributed by atoms with E-state index in [1.54, 1.807) is 30.3 Å².